The summed E-state index contributed by atoms with van der Waals surface area (Å²) < 4.78 is 0. The zero-order chi connectivity index (χ0) is 14.7. The predicted molar refractivity (Wildman–Crippen MR) is 78.5 cm³/mol. The van der Waals surface area contributed by atoms with Gasteiger partial charge in [0.2, 0.25) is 0 Å². The molecule has 1 aromatic heterocycles. The molecule has 1 fully saturated rings. The first-order valence-corrected chi connectivity index (χ1v) is 7.24. The van der Waals surface area contributed by atoms with Crippen molar-refractivity contribution in [1.29, 1.82) is 0 Å². The number of aromatic nitrogens is 1. The van der Waals surface area contributed by atoms with Crippen LogP contribution in [0.25, 0.3) is 0 Å². The Morgan fingerprint density at radius 2 is 2.20 bits per heavy atom. The van der Waals surface area contributed by atoms with Crippen LogP contribution < -0.4 is 5.32 Å². The highest BCUT2D eigenvalue weighted by Gasteiger charge is 2.28. The molecule has 0 amide bonds. The van der Waals surface area contributed by atoms with Gasteiger partial charge in [0.15, 0.2) is 0 Å². The van der Waals surface area contributed by atoms with Gasteiger partial charge in [-0.25, -0.2) is 0 Å². The van der Waals surface area contributed by atoms with E-state index in [-0.39, 0.29) is 12.4 Å². The Hall–Kier alpha value is -1.17. The molecule has 112 valence electrons. The fourth-order valence-corrected chi connectivity index (χ4v) is 2.41. The van der Waals surface area contributed by atoms with Crippen molar-refractivity contribution < 1.29 is 10.2 Å². The summed E-state index contributed by atoms with van der Waals surface area (Å²) in [6, 6.07) is 1.21. The monoisotopic (exact) mass is 279 g/mol. The van der Waals surface area contributed by atoms with Crippen LogP contribution in [0.1, 0.15) is 36.6 Å². The summed E-state index contributed by atoms with van der Waals surface area (Å²) in [6.45, 7) is 5.28. The quantitative estimate of drug-likeness (QED) is 0.699. The number of aliphatic hydroxyl groups excluding tert-OH is 1. The molecule has 5 nitrogen and oxygen atoms in total. The molecule has 1 aliphatic carbocycles. The molecule has 1 unspecified atom stereocenters. The lowest BCUT2D eigenvalue weighted by Gasteiger charge is -2.25. The summed E-state index contributed by atoms with van der Waals surface area (Å²) >= 11 is 0. The lowest BCUT2D eigenvalue weighted by atomic mass is 10.1. The van der Waals surface area contributed by atoms with Crippen LogP contribution in [0.15, 0.2) is 6.20 Å². The molecule has 0 saturated heterocycles. The van der Waals surface area contributed by atoms with Crippen LogP contribution in [0, 0.1) is 6.92 Å². The van der Waals surface area contributed by atoms with Crippen molar-refractivity contribution in [3.63, 3.8) is 0 Å². The van der Waals surface area contributed by atoms with Gasteiger partial charge in [-0.1, -0.05) is 0 Å². The minimum absolute atomic E-state index is 0.102. The van der Waals surface area contributed by atoms with E-state index in [0.29, 0.717) is 23.8 Å². The summed E-state index contributed by atoms with van der Waals surface area (Å²) in [5, 5.41) is 22.7. The first-order valence-electron chi connectivity index (χ1n) is 7.24. The van der Waals surface area contributed by atoms with E-state index in [1.165, 1.54) is 12.8 Å². The first kappa shape index (κ1) is 15.2. The van der Waals surface area contributed by atoms with Gasteiger partial charge < -0.3 is 15.5 Å². The Morgan fingerprint density at radius 3 is 2.80 bits per heavy atom. The van der Waals surface area contributed by atoms with Gasteiger partial charge in [-0.05, 0) is 33.7 Å². The molecule has 1 aromatic rings. The molecular formula is C15H25N3O2. The fourth-order valence-electron chi connectivity index (χ4n) is 2.41. The van der Waals surface area contributed by atoms with Gasteiger partial charge >= 0.3 is 0 Å². The van der Waals surface area contributed by atoms with Crippen LogP contribution in [-0.4, -0.2) is 45.8 Å². The van der Waals surface area contributed by atoms with Crippen LogP contribution >= 0.6 is 0 Å². The van der Waals surface area contributed by atoms with Gasteiger partial charge in [-0.2, -0.15) is 0 Å². The summed E-state index contributed by atoms with van der Waals surface area (Å²) in [4.78, 5) is 6.47. The number of hydrogen-bond donors (Lipinski definition) is 3. The van der Waals surface area contributed by atoms with Gasteiger partial charge in [-0.15, -0.1) is 0 Å². The van der Waals surface area contributed by atoms with Crippen LogP contribution in [0.5, 0.6) is 5.75 Å². The van der Waals surface area contributed by atoms with Crippen LogP contribution in [0.4, 0.5) is 0 Å². The van der Waals surface area contributed by atoms with Crippen molar-refractivity contribution in [3.05, 3.63) is 23.0 Å². The SMILES string of the molecule is Cc1ncc(CO)c(CNCC(C)N(C)C2CC2)c1O. The zero-order valence-electron chi connectivity index (χ0n) is 12.6. The number of aliphatic hydroxyl groups is 1. The molecule has 1 heterocycles. The second-order valence-electron chi connectivity index (χ2n) is 5.73. The maximum atomic E-state index is 10.1. The third-order valence-corrected chi connectivity index (χ3v) is 4.16. The maximum absolute atomic E-state index is 10.1. The predicted octanol–water partition coefficient (Wildman–Crippen LogP) is 1.16. The molecule has 1 aliphatic rings. The van der Waals surface area contributed by atoms with Gasteiger partial charge in [-0.3, -0.25) is 9.88 Å². The van der Waals surface area contributed by atoms with E-state index in [0.717, 1.165) is 18.2 Å². The molecule has 3 N–H and O–H groups in total. The Labute approximate surface area is 120 Å². The molecule has 0 aliphatic heterocycles. The van der Waals surface area contributed by atoms with Crippen LogP contribution in [0.3, 0.4) is 0 Å². The molecule has 1 atom stereocenters. The van der Waals surface area contributed by atoms with Crippen molar-refractivity contribution in [1.82, 2.24) is 15.2 Å². The maximum Gasteiger partial charge on any atom is 0.141 e. The number of nitrogens with zero attached hydrogens (tertiary/aromatic N) is 2. The van der Waals surface area contributed by atoms with Gasteiger partial charge in [0.1, 0.15) is 5.75 Å². The van der Waals surface area contributed by atoms with Crippen molar-refractivity contribution >= 4 is 0 Å². The Kier molecular flexibility index (Phi) is 4.96. The normalized spacial score (nSPS) is 16.6. The Morgan fingerprint density at radius 1 is 1.50 bits per heavy atom. The standard InChI is InChI=1S/C15H25N3O2/c1-10(18(3)13-4-5-13)6-16-8-14-12(9-19)7-17-11(2)15(14)20/h7,10,13,16,19-20H,4-6,8-9H2,1-3H3. The van der Waals surface area contributed by atoms with E-state index in [2.05, 4.69) is 29.2 Å². The van der Waals surface area contributed by atoms with E-state index in [1.807, 2.05) is 0 Å². The molecule has 2 rings (SSSR count). The number of likely N-dealkylation sites (N-methyl/N-ethyl adjacent to an activating group) is 1. The second-order valence-corrected chi connectivity index (χ2v) is 5.73. The topological polar surface area (TPSA) is 68.6 Å². The van der Waals surface area contributed by atoms with Crippen LogP contribution in [0.2, 0.25) is 0 Å². The highest BCUT2D eigenvalue weighted by atomic mass is 16.3. The summed E-state index contributed by atoms with van der Waals surface area (Å²) in [5.74, 6) is 0.187. The van der Waals surface area contributed by atoms with E-state index in [4.69, 9.17) is 0 Å². The average Bonchev–Trinajstić information content (AvgIpc) is 3.27. The molecule has 20 heavy (non-hydrogen) atoms. The molecule has 0 radical (unpaired) electrons. The van der Waals surface area contributed by atoms with Gasteiger partial charge in [0.05, 0.1) is 12.3 Å². The van der Waals surface area contributed by atoms with Crippen molar-refractivity contribution in [3.8, 4) is 5.75 Å². The molecule has 0 bridgehead atoms. The fraction of sp³-hybridized carbons (Fsp3) is 0.667. The van der Waals surface area contributed by atoms with Gasteiger partial charge in [0.25, 0.3) is 0 Å². The van der Waals surface area contributed by atoms with E-state index >= 15 is 0 Å². The Bertz CT molecular complexity index is 461. The van der Waals surface area contributed by atoms with E-state index < -0.39 is 0 Å². The van der Waals surface area contributed by atoms with E-state index in [9.17, 15) is 10.2 Å². The minimum Gasteiger partial charge on any atom is -0.506 e. The van der Waals surface area contributed by atoms with Crippen molar-refractivity contribution in [2.75, 3.05) is 13.6 Å². The Balaban J connectivity index is 1.91. The third-order valence-electron chi connectivity index (χ3n) is 4.16. The lowest BCUT2D eigenvalue weighted by molar-refractivity contribution is 0.240. The van der Waals surface area contributed by atoms with Crippen LogP contribution in [-0.2, 0) is 13.2 Å². The molecule has 1 saturated carbocycles. The number of aryl methyl sites for hydroxylation is 1. The van der Waals surface area contributed by atoms with Crippen molar-refractivity contribution in [2.24, 2.45) is 0 Å². The average molecular weight is 279 g/mol. The smallest absolute Gasteiger partial charge is 0.141 e. The number of rotatable bonds is 7. The molecule has 0 aromatic carbocycles. The largest absolute Gasteiger partial charge is 0.506 e. The third kappa shape index (κ3) is 3.48. The minimum atomic E-state index is -0.102. The highest BCUT2D eigenvalue weighted by molar-refractivity contribution is 5.40. The van der Waals surface area contributed by atoms with Gasteiger partial charge in [0, 0.05) is 42.5 Å². The molecule has 5 heteroatoms. The summed E-state index contributed by atoms with van der Waals surface area (Å²) in [7, 11) is 2.16. The number of nitrogens with one attached hydrogen (secondary N) is 1. The number of pyridine rings is 1. The molecular weight excluding hydrogens is 254 g/mol. The zero-order valence-corrected chi connectivity index (χ0v) is 12.6. The van der Waals surface area contributed by atoms with E-state index in [1.54, 1.807) is 13.1 Å². The molecule has 0 spiro atoms. The highest BCUT2D eigenvalue weighted by Crippen LogP contribution is 2.27. The van der Waals surface area contributed by atoms with Crippen molar-refractivity contribution in [2.45, 2.75) is 51.9 Å². The number of aromatic hydroxyl groups is 1. The number of hydrogen-bond acceptors (Lipinski definition) is 5. The summed E-state index contributed by atoms with van der Waals surface area (Å²) in [5.41, 5.74) is 2.03. The first-order chi connectivity index (χ1) is 9.54. The second kappa shape index (κ2) is 6.52. The summed E-state index contributed by atoms with van der Waals surface area (Å²) in [6.07, 6.45) is 4.24. The lowest BCUT2D eigenvalue weighted by Crippen LogP contribution is -2.39.